The van der Waals surface area contributed by atoms with Crippen LogP contribution in [-0.4, -0.2) is 10.9 Å². The van der Waals surface area contributed by atoms with Crippen molar-refractivity contribution in [3.05, 3.63) is 88.2 Å². The molecule has 26 heavy (non-hydrogen) atoms. The number of halogens is 1. The molecule has 0 aliphatic heterocycles. The fourth-order valence-electron chi connectivity index (χ4n) is 2.61. The van der Waals surface area contributed by atoms with Gasteiger partial charge in [-0.25, -0.2) is 4.98 Å². The average Bonchev–Trinajstić information content (AvgIpc) is 2.63. The molecule has 1 amide bonds. The summed E-state index contributed by atoms with van der Waals surface area (Å²) in [6.07, 6.45) is 1.67. The molecule has 0 aliphatic rings. The number of pyridine rings is 1. The summed E-state index contributed by atoms with van der Waals surface area (Å²) >= 11 is 5.94. The van der Waals surface area contributed by atoms with Crippen molar-refractivity contribution >= 4 is 28.9 Å². The van der Waals surface area contributed by atoms with E-state index in [2.05, 4.69) is 40.7 Å². The second-order valence-electron chi connectivity index (χ2n) is 6.19. The lowest BCUT2D eigenvalue weighted by Crippen LogP contribution is -2.14. The molecule has 0 bridgehead atoms. The van der Waals surface area contributed by atoms with Gasteiger partial charge in [0.25, 0.3) is 5.91 Å². The van der Waals surface area contributed by atoms with E-state index < -0.39 is 0 Å². The van der Waals surface area contributed by atoms with Gasteiger partial charge in [-0.3, -0.25) is 4.79 Å². The van der Waals surface area contributed by atoms with Gasteiger partial charge < -0.3 is 10.6 Å². The smallest absolute Gasteiger partial charge is 0.274 e. The normalized spacial score (nSPS) is 10.4. The van der Waals surface area contributed by atoms with E-state index in [1.54, 1.807) is 24.4 Å². The number of aromatic nitrogens is 1. The Balaban J connectivity index is 1.62. The minimum absolute atomic E-state index is 0.249. The molecule has 3 aromatic rings. The van der Waals surface area contributed by atoms with Crippen molar-refractivity contribution in [2.24, 2.45) is 0 Å². The van der Waals surface area contributed by atoms with Crippen LogP contribution in [0.15, 0.2) is 60.8 Å². The second-order valence-corrected chi connectivity index (χ2v) is 6.62. The van der Waals surface area contributed by atoms with Crippen molar-refractivity contribution in [3.8, 4) is 0 Å². The third-order valence-electron chi connectivity index (χ3n) is 4.01. The van der Waals surface area contributed by atoms with Gasteiger partial charge in [0.15, 0.2) is 0 Å². The van der Waals surface area contributed by atoms with Crippen LogP contribution in [0.4, 0.5) is 11.4 Å². The van der Waals surface area contributed by atoms with Gasteiger partial charge in [-0.2, -0.15) is 0 Å². The standard InChI is InChI=1S/C21H20ClN3O/c1-14-4-3-5-16(10-14)12-23-18-7-9-20(24-13-18)21(26)25-19-8-6-17(22)11-15(19)2/h3-11,13,23H,12H2,1-2H3,(H,25,26). The maximum Gasteiger partial charge on any atom is 0.274 e. The topological polar surface area (TPSA) is 54.0 Å². The number of hydrogen-bond acceptors (Lipinski definition) is 3. The number of nitrogens with one attached hydrogen (secondary N) is 2. The van der Waals surface area contributed by atoms with Crippen molar-refractivity contribution < 1.29 is 4.79 Å². The first kappa shape index (κ1) is 18.0. The van der Waals surface area contributed by atoms with Crippen molar-refractivity contribution in [3.63, 3.8) is 0 Å². The molecule has 0 saturated carbocycles. The van der Waals surface area contributed by atoms with Crippen molar-refractivity contribution in [1.29, 1.82) is 0 Å². The predicted octanol–water partition coefficient (Wildman–Crippen LogP) is 5.22. The molecule has 2 aromatic carbocycles. The Morgan fingerprint density at radius 3 is 2.62 bits per heavy atom. The van der Waals surface area contributed by atoms with E-state index in [4.69, 9.17) is 11.6 Å². The maximum atomic E-state index is 12.4. The summed E-state index contributed by atoms with van der Waals surface area (Å²) in [6, 6.07) is 17.2. The molecular weight excluding hydrogens is 346 g/mol. The van der Waals surface area contributed by atoms with Crippen LogP contribution in [0.1, 0.15) is 27.2 Å². The van der Waals surface area contributed by atoms with Gasteiger partial charge in [0, 0.05) is 17.3 Å². The molecule has 3 rings (SSSR count). The van der Waals surface area contributed by atoms with E-state index >= 15 is 0 Å². The van der Waals surface area contributed by atoms with Crippen LogP contribution in [0, 0.1) is 13.8 Å². The number of anilines is 2. The number of rotatable bonds is 5. The Hall–Kier alpha value is -2.85. The third-order valence-corrected chi connectivity index (χ3v) is 4.25. The summed E-state index contributed by atoms with van der Waals surface area (Å²) in [5.41, 5.74) is 5.29. The van der Waals surface area contributed by atoms with E-state index in [1.165, 1.54) is 11.1 Å². The molecule has 0 fully saturated rings. The van der Waals surface area contributed by atoms with Crippen molar-refractivity contribution in [2.75, 3.05) is 10.6 Å². The SMILES string of the molecule is Cc1cccc(CNc2ccc(C(=O)Nc3ccc(Cl)cc3C)nc2)c1. The number of hydrogen-bond donors (Lipinski definition) is 2. The molecule has 0 spiro atoms. The summed E-state index contributed by atoms with van der Waals surface area (Å²) in [5, 5.41) is 6.81. The molecule has 0 atom stereocenters. The molecule has 2 N–H and O–H groups in total. The summed E-state index contributed by atoms with van der Waals surface area (Å²) in [4.78, 5) is 16.6. The van der Waals surface area contributed by atoms with Crippen LogP contribution in [0.3, 0.4) is 0 Å². The Morgan fingerprint density at radius 1 is 1.08 bits per heavy atom. The van der Waals surface area contributed by atoms with E-state index in [1.807, 2.05) is 25.1 Å². The molecule has 0 saturated heterocycles. The largest absolute Gasteiger partial charge is 0.380 e. The lowest BCUT2D eigenvalue weighted by atomic mass is 10.1. The Labute approximate surface area is 158 Å². The van der Waals surface area contributed by atoms with Crippen LogP contribution in [0.5, 0.6) is 0 Å². The highest BCUT2D eigenvalue weighted by atomic mass is 35.5. The summed E-state index contributed by atoms with van der Waals surface area (Å²) in [6.45, 7) is 4.67. The third kappa shape index (κ3) is 4.61. The van der Waals surface area contributed by atoms with Crippen LogP contribution in [0.25, 0.3) is 0 Å². The number of carbonyl (C=O) groups is 1. The summed E-state index contributed by atoms with van der Waals surface area (Å²) in [7, 11) is 0. The monoisotopic (exact) mass is 365 g/mol. The molecule has 0 aliphatic carbocycles. The maximum absolute atomic E-state index is 12.4. The minimum Gasteiger partial charge on any atom is -0.380 e. The molecule has 4 nitrogen and oxygen atoms in total. The van der Waals surface area contributed by atoms with E-state index in [-0.39, 0.29) is 5.91 Å². The molecule has 1 aromatic heterocycles. The zero-order chi connectivity index (χ0) is 18.5. The van der Waals surface area contributed by atoms with Crippen molar-refractivity contribution in [1.82, 2.24) is 4.98 Å². The van der Waals surface area contributed by atoms with E-state index in [9.17, 15) is 4.79 Å². The Kier molecular flexibility index (Phi) is 5.54. The molecule has 0 radical (unpaired) electrons. The van der Waals surface area contributed by atoms with E-state index in [0.29, 0.717) is 17.3 Å². The number of benzene rings is 2. The molecule has 132 valence electrons. The Morgan fingerprint density at radius 2 is 1.92 bits per heavy atom. The van der Waals surface area contributed by atoms with E-state index in [0.717, 1.165) is 16.9 Å². The first-order valence-electron chi connectivity index (χ1n) is 8.34. The Bertz CT molecular complexity index is 923. The molecule has 5 heteroatoms. The van der Waals surface area contributed by atoms with Crippen LogP contribution in [-0.2, 0) is 6.54 Å². The van der Waals surface area contributed by atoms with Gasteiger partial charge in [0.2, 0.25) is 0 Å². The van der Waals surface area contributed by atoms with Crippen LogP contribution >= 0.6 is 11.6 Å². The summed E-state index contributed by atoms with van der Waals surface area (Å²) < 4.78 is 0. The first-order valence-corrected chi connectivity index (χ1v) is 8.72. The van der Waals surface area contributed by atoms with Gasteiger partial charge in [0.05, 0.1) is 11.9 Å². The highest BCUT2D eigenvalue weighted by molar-refractivity contribution is 6.30. The average molecular weight is 366 g/mol. The lowest BCUT2D eigenvalue weighted by molar-refractivity contribution is 0.102. The van der Waals surface area contributed by atoms with Gasteiger partial charge in [0.1, 0.15) is 5.69 Å². The van der Waals surface area contributed by atoms with Gasteiger partial charge in [-0.1, -0.05) is 41.4 Å². The fraction of sp³-hybridized carbons (Fsp3) is 0.143. The number of carbonyl (C=O) groups excluding carboxylic acids is 1. The fourth-order valence-corrected chi connectivity index (χ4v) is 2.84. The quantitative estimate of drug-likeness (QED) is 0.652. The predicted molar refractivity (Wildman–Crippen MR) is 107 cm³/mol. The molecule has 0 unspecified atom stereocenters. The molecule has 1 heterocycles. The van der Waals surface area contributed by atoms with Crippen molar-refractivity contribution in [2.45, 2.75) is 20.4 Å². The lowest BCUT2D eigenvalue weighted by Gasteiger charge is -2.10. The first-order chi connectivity index (χ1) is 12.5. The van der Waals surface area contributed by atoms with Crippen LogP contribution in [0.2, 0.25) is 5.02 Å². The number of aryl methyl sites for hydroxylation is 2. The van der Waals surface area contributed by atoms with Gasteiger partial charge in [-0.05, 0) is 55.3 Å². The highest BCUT2D eigenvalue weighted by Crippen LogP contribution is 2.20. The number of amides is 1. The minimum atomic E-state index is -0.249. The second kappa shape index (κ2) is 8.02. The van der Waals surface area contributed by atoms with Gasteiger partial charge >= 0.3 is 0 Å². The number of nitrogens with zero attached hydrogens (tertiary/aromatic N) is 1. The summed E-state index contributed by atoms with van der Waals surface area (Å²) in [5.74, 6) is -0.249. The molecular formula is C21H20ClN3O. The zero-order valence-electron chi connectivity index (χ0n) is 14.7. The highest BCUT2D eigenvalue weighted by Gasteiger charge is 2.09. The zero-order valence-corrected chi connectivity index (χ0v) is 15.5. The van der Waals surface area contributed by atoms with Gasteiger partial charge in [-0.15, -0.1) is 0 Å². The van der Waals surface area contributed by atoms with Crippen LogP contribution < -0.4 is 10.6 Å².